The second-order valence-corrected chi connectivity index (χ2v) is 5.04. The van der Waals surface area contributed by atoms with E-state index in [1.807, 2.05) is 19.1 Å². The van der Waals surface area contributed by atoms with Crippen LogP contribution in [0.15, 0.2) is 18.3 Å². The first kappa shape index (κ1) is 13.0. The maximum Gasteiger partial charge on any atom is 0.245 e. The van der Waals surface area contributed by atoms with Crippen molar-refractivity contribution < 1.29 is 4.79 Å². The molecule has 0 spiro atoms. The molecule has 1 saturated heterocycles. The minimum atomic E-state index is -0.388. The summed E-state index contributed by atoms with van der Waals surface area (Å²) in [6, 6.07) is 3.80. The van der Waals surface area contributed by atoms with Crippen molar-refractivity contribution in [3.05, 3.63) is 23.9 Å². The van der Waals surface area contributed by atoms with Gasteiger partial charge in [0.15, 0.2) is 0 Å². The molecule has 2 heterocycles. The van der Waals surface area contributed by atoms with Gasteiger partial charge in [-0.25, -0.2) is 4.98 Å². The number of carbonyl (C=O) groups is 1. The Hall–Kier alpha value is -1.42. The second-order valence-electron chi connectivity index (χ2n) is 5.04. The van der Waals surface area contributed by atoms with Crippen LogP contribution in [-0.2, 0) is 4.79 Å². The Morgan fingerprint density at radius 1 is 1.56 bits per heavy atom. The van der Waals surface area contributed by atoms with Gasteiger partial charge in [0.05, 0.1) is 5.54 Å². The van der Waals surface area contributed by atoms with E-state index in [4.69, 9.17) is 0 Å². The first-order valence-corrected chi connectivity index (χ1v) is 6.65. The summed E-state index contributed by atoms with van der Waals surface area (Å²) < 4.78 is 0. The van der Waals surface area contributed by atoms with Crippen LogP contribution in [0.3, 0.4) is 0 Å². The molecule has 1 aromatic heterocycles. The molecule has 0 aliphatic carbocycles. The van der Waals surface area contributed by atoms with Crippen molar-refractivity contribution >= 4 is 11.7 Å². The molecule has 98 valence electrons. The van der Waals surface area contributed by atoms with Crippen LogP contribution in [0.4, 0.5) is 5.82 Å². The summed E-state index contributed by atoms with van der Waals surface area (Å²) in [5.41, 5.74) is 0.705. The molecule has 1 unspecified atom stereocenters. The summed E-state index contributed by atoms with van der Waals surface area (Å²) in [7, 11) is 0. The van der Waals surface area contributed by atoms with Gasteiger partial charge >= 0.3 is 0 Å². The number of aryl methyl sites for hydroxylation is 1. The number of hydrogen-bond acceptors (Lipinski definition) is 3. The second kappa shape index (κ2) is 5.48. The highest BCUT2D eigenvalue weighted by atomic mass is 16.2. The minimum absolute atomic E-state index is 0.0539. The number of nitrogens with one attached hydrogen (secondary N) is 2. The Kier molecular flexibility index (Phi) is 3.97. The van der Waals surface area contributed by atoms with Crippen molar-refractivity contribution in [3.8, 4) is 0 Å². The van der Waals surface area contributed by atoms with Crippen molar-refractivity contribution in [3.63, 3.8) is 0 Å². The van der Waals surface area contributed by atoms with E-state index in [1.54, 1.807) is 6.20 Å². The van der Waals surface area contributed by atoms with Gasteiger partial charge in [-0.3, -0.25) is 4.79 Å². The summed E-state index contributed by atoms with van der Waals surface area (Å²) in [6.07, 6.45) is 5.63. The van der Waals surface area contributed by atoms with Crippen molar-refractivity contribution in [2.45, 2.75) is 45.1 Å². The summed E-state index contributed by atoms with van der Waals surface area (Å²) in [5, 5.41) is 6.29. The standard InChI is InChI=1S/C14H21N3O/c1-3-7-14(8-4-9-16-14)13(18)17-12-6-5-11(2)10-15-12/h5-6,10,16H,3-4,7-9H2,1-2H3,(H,15,17,18). The minimum Gasteiger partial charge on any atom is -0.309 e. The summed E-state index contributed by atoms with van der Waals surface area (Å²) in [6.45, 7) is 5.02. The largest absolute Gasteiger partial charge is 0.309 e. The van der Waals surface area contributed by atoms with E-state index in [2.05, 4.69) is 22.5 Å². The molecule has 1 aliphatic rings. The van der Waals surface area contributed by atoms with Crippen LogP contribution in [0, 0.1) is 6.92 Å². The SMILES string of the molecule is CCCC1(C(=O)Nc2ccc(C)cn2)CCCN1. The zero-order valence-corrected chi connectivity index (χ0v) is 11.1. The number of hydrogen-bond donors (Lipinski definition) is 2. The topological polar surface area (TPSA) is 54.0 Å². The summed E-state index contributed by atoms with van der Waals surface area (Å²) >= 11 is 0. The van der Waals surface area contributed by atoms with E-state index in [-0.39, 0.29) is 11.4 Å². The average molecular weight is 247 g/mol. The molecule has 4 heteroatoms. The lowest BCUT2D eigenvalue weighted by Gasteiger charge is -2.27. The van der Waals surface area contributed by atoms with Gasteiger partial charge < -0.3 is 10.6 Å². The third-order valence-corrected chi connectivity index (χ3v) is 3.51. The van der Waals surface area contributed by atoms with E-state index in [1.165, 1.54) is 0 Å². The Labute approximate surface area is 108 Å². The van der Waals surface area contributed by atoms with E-state index >= 15 is 0 Å². The molecule has 0 saturated carbocycles. The number of rotatable bonds is 4. The molecule has 2 rings (SSSR count). The molecule has 1 fully saturated rings. The van der Waals surface area contributed by atoms with Crippen LogP contribution in [0.5, 0.6) is 0 Å². The Balaban J connectivity index is 2.07. The molecule has 0 aromatic carbocycles. The zero-order valence-electron chi connectivity index (χ0n) is 11.1. The molecule has 1 atom stereocenters. The Bertz CT molecular complexity index is 408. The van der Waals surface area contributed by atoms with Crippen LogP contribution < -0.4 is 10.6 Å². The number of aromatic nitrogens is 1. The first-order valence-electron chi connectivity index (χ1n) is 6.65. The molecule has 18 heavy (non-hydrogen) atoms. The predicted molar refractivity (Wildman–Crippen MR) is 72.5 cm³/mol. The number of anilines is 1. The third kappa shape index (κ3) is 2.70. The fourth-order valence-corrected chi connectivity index (χ4v) is 2.53. The monoisotopic (exact) mass is 247 g/mol. The van der Waals surface area contributed by atoms with Gasteiger partial charge in [0, 0.05) is 6.20 Å². The summed E-state index contributed by atoms with van der Waals surface area (Å²) in [5.74, 6) is 0.688. The lowest BCUT2D eigenvalue weighted by atomic mass is 9.91. The van der Waals surface area contributed by atoms with Crippen LogP contribution in [0.2, 0.25) is 0 Å². The van der Waals surface area contributed by atoms with Crippen LogP contribution in [-0.4, -0.2) is 23.0 Å². The van der Waals surface area contributed by atoms with Gasteiger partial charge in [-0.15, -0.1) is 0 Å². The molecule has 1 aromatic rings. The highest BCUT2D eigenvalue weighted by molar-refractivity contribution is 5.97. The quantitative estimate of drug-likeness (QED) is 0.858. The molecule has 0 radical (unpaired) electrons. The van der Waals surface area contributed by atoms with Gasteiger partial charge in [-0.05, 0) is 44.4 Å². The molecule has 0 bridgehead atoms. The Morgan fingerprint density at radius 3 is 2.94 bits per heavy atom. The fraction of sp³-hybridized carbons (Fsp3) is 0.571. The molecule has 4 nitrogen and oxygen atoms in total. The van der Waals surface area contributed by atoms with Gasteiger partial charge in [0.2, 0.25) is 5.91 Å². The maximum atomic E-state index is 12.4. The Morgan fingerprint density at radius 2 is 2.39 bits per heavy atom. The predicted octanol–water partition coefficient (Wildman–Crippen LogP) is 2.25. The highest BCUT2D eigenvalue weighted by Crippen LogP contribution is 2.26. The van der Waals surface area contributed by atoms with Crippen molar-refractivity contribution in [2.75, 3.05) is 11.9 Å². The molecular formula is C14H21N3O. The lowest BCUT2D eigenvalue weighted by Crippen LogP contribution is -2.50. The van der Waals surface area contributed by atoms with Crippen molar-refractivity contribution in [1.29, 1.82) is 0 Å². The summed E-state index contributed by atoms with van der Waals surface area (Å²) in [4.78, 5) is 16.6. The van der Waals surface area contributed by atoms with Gasteiger partial charge in [-0.2, -0.15) is 0 Å². The number of nitrogens with zero attached hydrogens (tertiary/aromatic N) is 1. The zero-order chi connectivity index (χ0) is 13.0. The molecule has 1 aliphatic heterocycles. The fourth-order valence-electron chi connectivity index (χ4n) is 2.53. The van der Waals surface area contributed by atoms with Gasteiger partial charge in [0.25, 0.3) is 0 Å². The van der Waals surface area contributed by atoms with E-state index in [9.17, 15) is 4.79 Å². The molecular weight excluding hydrogens is 226 g/mol. The van der Waals surface area contributed by atoms with Crippen molar-refractivity contribution in [1.82, 2.24) is 10.3 Å². The van der Waals surface area contributed by atoms with Crippen LogP contribution in [0.25, 0.3) is 0 Å². The van der Waals surface area contributed by atoms with Crippen molar-refractivity contribution in [2.24, 2.45) is 0 Å². The van der Waals surface area contributed by atoms with Gasteiger partial charge in [-0.1, -0.05) is 19.4 Å². The van der Waals surface area contributed by atoms with E-state index < -0.39 is 0 Å². The normalized spacial score (nSPS) is 23.0. The van der Waals surface area contributed by atoms with E-state index in [0.29, 0.717) is 5.82 Å². The number of pyridine rings is 1. The molecule has 1 amide bonds. The van der Waals surface area contributed by atoms with Gasteiger partial charge in [0.1, 0.15) is 5.82 Å². The van der Waals surface area contributed by atoms with Crippen LogP contribution in [0.1, 0.15) is 38.2 Å². The average Bonchev–Trinajstić information content (AvgIpc) is 2.82. The van der Waals surface area contributed by atoms with E-state index in [0.717, 1.165) is 37.8 Å². The highest BCUT2D eigenvalue weighted by Gasteiger charge is 2.39. The maximum absolute atomic E-state index is 12.4. The van der Waals surface area contributed by atoms with Crippen LogP contribution >= 0.6 is 0 Å². The number of amides is 1. The smallest absolute Gasteiger partial charge is 0.245 e. The first-order chi connectivity index (χ1) is 8.66. The lowest BCUT2D eigenvalue weighted by molar-refractivity contribution is -0.122. The number of carbonyl (C=O) groups excluding carboxylic acids is 1. The third-order valence-electron chi connectivity index (χ3n) is 3.51. The molecule has 2 N–H and O–H groups in total.